The summed E-state index contributed by atoms with van der Waals surface area (Å²) >= 11 is 0. The molecule has 3 amide bonds. The Morgan fingerprint density at radius 3 is 1.82 bits per heavy atom. The number of nitro groups is 1. The van der Waals surface area contributed by atoms with E-state index in [9.17, 15) is 29.3 Å². The molecule has 0 spiro atoms. The van der Waals surface area contributed by atoms with Crippen LogP contribution in [0.15, 0.2) is 97.1 Å². The lowest BCUT2D eigenvalue weighted by molar-refractivity contribution is -0.384. The molecular formula is C35H25N3O7. The Morgan fingerprint density at radius 1 is 0.733 bits per heavy atom. The summed E-state index contributed by atoms with van der Waals surface area (Å²) in [5, 5.41) is 11.0. The Labute approximate surface area is 257 Å². The van der Waals surface area contributed by atoms with Gasteiger partial charge >= 0.3 is 5.97 Å². The van der Waals surface area contributed by atoms with E-state index in [1.54, 1.807) is 18.2 Å². The van der Waals surface area contributed by atoms with Crippen molar-refractivity contribution in [3.63, 3.8) is 0 Å². The first-order valence-corrected chi connectivity index (χ1v) is 14.7. The number of nitrogens with zero attached hydrogens (tertiary/aromatic N) is 3. The molecule has 0 saturated carbocycles. The number of esters is 1. The number of imide groups is 1. The molecule has 0 N–H and O–H groups in total. The zero-order valence-corrected chi connectivity index (χ0v) is 23.7. The van der Waals surface area contributed by atoms with Crippen LogP contribution in [-0.4, -0.2) is 35.2 Å². The van der Waals surface area contributed by atoms with Crippen molar-refractivity contribution < 1.29 is 28.8 Å². The number of hydrogen-bond donors (Lipinski definition) is 0. The predicted octanol–water partition coefficient (Wildman–Crippen LogP) is 4.95. The van der Waals surface area contributed by atoms with Crippen molar-refractivity contribution in [2.75, 3.05) is 16.3 Å². The Bertz CT molecular complexity index is 1840. The second kappa shape index (κ2) is 9.95. The van der Waals surface area contributed by atoms with E-state index in [1.807, 2.05) is 24.3 Å². The summed E-state index contributed by atoms with van der Waals surface area (Å²) in [6.07, 6.45) is -0.0775. The normalized spacial score (nSPS) is 24.4. The van der Waals surface area contributed by atoms with E-state index in [2.05, 4.69) is 24.3 Å². The lowest BCUT2D eigenvalue weighted by Gasteiger charge is -2.45. The maximum absolute atomic E-state index is 14.1. The SMILES string of the molecule is O=C(Oc1cccc(N2C(=O)[C@@H]3C4c5ccccc5C(c5ccccc54)[C@H]3C2=O)c1)[C@H]1CC(=O)N(c2ccc([N+](=O)[O-])cc2)C1. The number of carbonyl (C=O) groups is 4. The van der Waals surface area contributed by atoms with Crippen LogP contribution < -0.4 is 14.5 Å². The first-order chi connectivity index (χ1) is 21.8. The Hall–Kier alpha value is -5.64. The van der Waals surface area contributed by atoms with Crippen LogP contribution in [0.1, 0.15) is 40.5 Å². The number of amides is 3. The number of benzene rings is 4. The molecule has 2 bridgehead atoms. The number of rotatable bonds is 5. The number of non-ortho nitro benzene ring substituents is 1. The van der Waals surface area contributed by atoms with Crippen LogP contribution in [0, 0.1) is 27.9 Å². The molecule has 0 radical (unpaired) electrons. The standard InChI is InChI=1S/C35H25N3O7/c39-28-16-19(18-36(28)20-12-14-21(15-13-20)38(43)44)35(42)45-23-7-5-6-22(17-23)37-33(40)31-29-24-8-1-2-9-25(24)30(32(31)34(37)41)27-11-4-3-10-26(27)29/h1-15,17,19,29-32H,16,18H2/t19-,29?,30?,31+,32+/m0/s1. The van der Waals surface area contributed by atoms with E-state index in [0.717, 1.165) is 22.3 Å². The van der Waals surface area contributed by atoms with Crippen LogP contribution in [0.4, 0.5) is 17.1 Å². The maximum Gasteiger partial charge on any atom is 0.316 e. The van der Waals surface area contributed by atoms with Crippen LogP contribution in [-0.2, 0) is 19.2 Å². The fourth-order valence-corrected chi connectivity index (χ4v) is 7.69. The van der Waals surface area contributed by atoms with Gasteiger partial charge in [0.2, 0.25) is 17.7 Å². The summed E-state index contributed by atoms with van der Waals surface area (Å²) < 4.78 is 5.67. The van der Waals surface area contributed by atoms with E-state index in [1.165, 1.54) is 40.1 Å². The van der Waals surface area contributed by atoms with Gasteiger partial charge in [-0.1, -0.05) is 54.6 Å². The van der Waals surface area contributed by atoms with Gasteiger partial charge in [-0.2, -0.15) is 0 Å². The molecule has 222 valence electrons. The summed E-state index contributed by atoms with van der Waals surface area (Å²) in [6.45, 7) is 0.0610. The average Bonchev–Trinajstić information content (AvgIpc) is 3.58. The number of hydrogen-bond acceptors (Lipinski definition) is 7. The minimum atomic E-state index is -0.762. The van der Waals surface area contributed by atoms with Gasteiger partial charge in [0.1, 0.15) is 5.75 Å². The molecule has 2 saturated heterocycles. The van der Waals surface area contributed by atoms with Crippen molar-refractivity contribution in [3.05, 3.63) is 129 Å². The number of carbonyl (C=O) groups excluding carboxylic acids is 4. The third-order valence-corrected chi connectivity index (χ3v) is 9.57. The average molecular weight is 600 g/mol. The van der Waals surface area contributed by atoms with Gasteiger partial charge in [0.05, 0.1) is 28.4 Å². The van der Waals surface area contributed by atoms with Gasteiger partial charge < -0.3 is 9.64 Å². The quantitative estimate of drug-likeness (QED) is 0.104. The van der Waals surface area contributed by atoms with Crippen LogP contribution in [0.25, 0.3) is 0 Å². The minimum Gasteiger partial charge on any atom is -0.426 e. The lowest BCUT2D eigenvalue weighted by Crippen LogP contribution is -2.41. The molecule has 2 heterocycles. The molecule has 0 aromatic heterocycles. The first-order valence-electron chi connectivity index (χ1n) is 14.7. The second-order valence-corrected chi connectivity index (χ2v) is 11.9. The third-order valence-electron chi connectivity index (χ3n) is 9.57. The van der Waals surface area contributed by atoms with Gasteiger partial charge in [0.15, 0.2) is 0 Å². The molecular weight excluding hydrogens is 574 g/mol. The number of ether oxygens (including phenoxy) is 1. The van der Waals surface area contributed by atoms with Gasteiger partial charge in [-0.25, -0.2) is 4.90 Å². The van der Waals surface area contributed by atoms with Gasteiger partial charge in [0.25, 0.3) is 5.69 Å². The lowest BCUT2D eigenvalue weighted by atomic mass is 9.55. The molecule has 9 rings (SSSR count). The van der Waals surface area contributed by atoms with Gasteiger partial charge in [-0.15, -0.1) is 0 Å². The summed E-state index contributed by atoms with van der Waals surface area (Å²) in [6, 6.07) is 28.0. The second-order valence-electron chi connectivity index (χ2n) is 11.9. The molecule has 5 aliphatic rings. The van der Waals surface area contributed by atoms with Crippen LogP contribution in [0.3, 0.4) is 0 Å². The summed E-state index contributed by atoms with van der Waals surface area (Å²) in [4.78, 5) is 67.1. The van der Waals surface area contributed by atoms with Crippen molar-refractivity contribution in [1.82, 2.24) is 0 Å². The Balaban J connectivity index is 1.04. The van der Waals surface area contributed by atoms with Crippen LogP contribution in [0.5, 0.6) is 5.75 Å². The van der Waals surface area contributed by atoms with Crippen LogP contribution in [0.2, 0.25) is 0 Å². The zero-order chi connectivity index (χ0) is 31.0. The summed E-state index contributed by atoms with van der Waals surface area (Å²) in [7, 11) is 0. The molecule has 4 aromatic rings. The highest BCUT2D eigenvalue weighted by molar-refractivity contribution is 6.23. The van der Waals surface area contributed by atoms with Crippen molar-refractivity contribution in [3.8, 4) is 5.75 Å². The summed E-state index contributed by atoms with van der Waals surface area (Å²) in [5.74, 6) is -3.59. The number of nitro benzene ring substituents is 1. The van der Waals surface area contributed by atoms with Crippen molar-refractivity contribution in [1.29, 1.82) is 0 Å². The fourth-order valence-electron chi connectivity index (χ4n) is 7.69. The maximum atomic E-state index is 14.1. The molecule has 10 nitrogen and oxygen atoms in total. The van der Waals surface area contributed by atoms with Crippen LogP contribution >= 0.6 is 0 Å². The van der Waals surface area contributed by atoms with Gasteiger partial charge in [0, 0.05) is 48.7 Å². The molecule has 2 fully saturated rings. The zero-order valence-electron chi connectivity index (χ0n) is 23.7. The minimum absolute atomic E-state index is 0.0610. The molecule has 3 aliphatic carbocycles. The monoisotopic (exact) mass is 599 g/mol. The summed E-state index contributed by atoms with van der Waals surface area (Å²) in [5.41, 5.74) is 5.02. The predicted molar refractivity (Wildman–Crippen MR) is 162 cm³/mol. The van der Waals surface area contributed by atoms with Crippen molar-refractivity contribution in [2.45, 2.75) is 18.3 Å². The van der Waals surface area contributed by atoms with Crippen molar-refractivity contribution >= 4 is 40.8 Å². The molecule has 3 atom stereocenters. The van der Waals surface area contributed by atoms with E-state index >= 15 is 0 Å². The van der Waals surface area contributed by atoms with E-state index in [0.29, 0.717) is 11.4 Å². The molecule has 10 heteroatoms. The third kappa shape index (κ3) is 4.02. The first kappa shape index (κ1) is 26.9. The Kier molecular flexibility index (Phi) is 5.96. The molecule has 45 heavy (non-hydrogen) atoms. The molecule has 0 unspecified atom stereocenters. The van der Waals surface area contributed by atoms with Gasteiger partial charge in [-0.05, 0) is 46.5 Å². The smallest absolute Gasteiger partial charge is 0.316 e. The molecule has 4 aromatic carbocycles. The van der Waals surface area contributed by atoms with E-state index < -0.39 is 28.6 Å². The number of anilines is 2. The topological polar surface area (TPSA) is 127 Å². The van der Waals surface area contributed by atoms with Crippen molar-refractivity contribution in [2.24, 2.45) is 17.8 Å². The largest absolute Gasteiger partial charge is 0.426 e. The van der Waals surface area contributed by atoms with E-state index in [-0.39, 0.29) is 54.0 Å². The van der Waals surface area contributed by atoms with E-state index in [4.69, 9.17) is 4.74 Å². The fraction of sp³-hybridized carbons (Fsp3) is 0.200. The molecule has 2 aliphatic heterocycles. The highest BCUT2D eigenvalue weighted by Gasteiger charge is 2.61. The van der Waals surface area contributed by atoms with Gasteiger partial charge in [-0.3, -0.25) is 29.3 Å². The highest BCUT2D eigenvalue weighted by Crippen LogP contribution is 2.61. The Morgan fingerprint density at radius 2 is 1.29 bits per heavy atom. The highest BCUT2D eigenvalue weighted by atomic mass is 16.6.